The summed E-state index contributed by atoms with van der Waals surface area (Å²) in [6.07, 6.45) is 1.29. The van der Waals surface area contributed by atoms with Crippen molar-refractivity contribution in [2.75, 3.05) is 24.5 Å². The fourth-order valence-electron chi connectivity index (χ4n) is 2.54. The first-order chi connectivity index (χ1) is 10.5. The van der Waals surface area contributed by atoms with E-state index in [9.17, 15) is 14.4 Å². The second-order valence-electron chi connectivity index (χ2n) is 5.23. The Morgan fingerprint density at radius 1 is 1.36 bits per heavy atom. The van der Waals surface area contributed by atoms with Gasteiger partial charge in [0.1, 0.15) is 0 Å². The Bertz CT molecular complexity index is 585. The van der Waals surface area contributed by atoms with Gasteiger partial charge in [-0.1, -0.05) is 6.07 Å². The molecule has 1 heterocycles. The van der Waals surface area contributed by atoms with Gasteiger partial charge in [-0.2, -0.15) is 0 Å². The second-order valence-corrected chi connectivity index (χ2v) is 5.23. The highest BCUT2D eigenvalue weighted by molar-refractivity contribution is 5.99. The van der Waals surface area contributed by atoms with Crippen LogP contribution in [0.2, 0.25) is 0 Å². The number of hydrogen-bond donors (Lipinski definition) is 1. The number of carbonyl (C=O) groups is 3. The van der Waals surface area contributed by atoms with Crippen LogP contribution in [0, 0.1) is 0 Å². The second kappa shape index (κ2) is 7.06. The Labute approximate surface area is 129 Å². The van der Waals surface area contributed by atoms with E-state index < -0.39 is 5.97 Å². The summed E-state index contributed by atoms with van der Waals surface area (Å²) in [4.78, 5) is 38.1. The third-order valence-corrected chi connectivity index (χ3v) is 3.74. The van der Waals surface area contributed by atoms with Crippen LogP contribution in [-0.4, -0.2) is 47.4 Å². The van der Waals surface area contributed by atoms with Gasteiger partial charge in [-0.3, -0.25) is 14.4 Å². The zero-order valence-electron chi connectivity index (χ0n) is 12.6. The van der Waals surface area contributed by atoms with Gasteiger partial charge in [0.2, 0.25) is 5.91 Å². The Balaban J connectivity index is 2.15. The van der Waals surface area contributed by atoms with E-state index in [-0.39, 0.29) is 24.8 Å². The molecule has 0 bridgehead atoms. The predicted molar refractivity (Wildman–Crippen MR) is 81.9 cm³/mol. The fraction of sp³-hybridized carbons (Fsp3) is 0.438. The molecule has 1 fully saturated rings. The molecular weight excluding hydrogens is 284 g/mol. The van der Waals surface area contributed by atoms with Crippen LogP contribution < -0.4 is 4.90 Å². The fourth-order valence-corrected chi connectivity index (χ4v) is 2.54. The van der Waals surface area contributed by atoms with Crippen LogP contribution in [0.15, 0.2) is 24.3 Å². The van der Waals surface area contributed by atoms with Crippen molar-refractivity contribution < 1.29 is 19.5 Å². The largest absolute Gasteiger partial charge is 0.481 e. The molecule has 2 amide bonds. The molecule has 0 aromatic heterocycles. The lowest BCUT2D eigenvalue weighted by molar-refractivity contribution is -0.137. The van der Waals surface area contributed by atoms with Crippen LogP contribution in [0.25, 0.3) is 0 Å². The van der Waals surface area contributed by atoms with Gasteiger partial charge in [-0.15, -0.1) is 0 Å². The molecule has 0 aliphatic carbocycles. The van der Waals surface area contributed by atoms with E-state index in [1.165, 1.54) is 4.90 Å². The number of hydrogen-bond acceptors (Lipinski definition) is 3. The molecule has 1 aromatic carbocycles. The van der Waals surface area contributed by atoms with Crippen LogP contribution in [0.3, 0.4) is 0 Å². The molecule has 1 N–H and O–H groups in total. The van der Waals surface area contributed by atoms with Crippen molar-refractivity contribution in [1.82, 2.24) is 4.90 Å². The summed E-state index contributed by atoms with van der Waals surface area (Å²) >= 11 is 0. The van der Waals surface area contributed by atoms with Crippen LogP contribution in [0.1, 0.15) is 36.5 Å². The van der Waals surface area contributed by atoms with E-state index in [1.807, 2.05) is 13.0 Å². The molecule has 6 heteroatoms. The standard InChI is InChI=1S/C16H20N2O4/c1-2-17(10-8-15(20)21)16(22)12-5-3-6-13(11-12)18-9-4-7-14(18)19/h3,5-6,11H,2,4,7-10H2,1H3,(H,20,21). The SMILES string of the molecule is CCN(CCC(=O)O)C(=O)c1cccc(N2CCCC2=O)c1. The molecule has 1 aromatic rings. The van der Waals surface area contributed by atoms with E-state index in [0.717, 1.165) is 12.1 Å². The molecule has 1 aliphatic rings. The monoisotopic (exact) mass is 304 g/mol. The summed E-state index contributed by atoms with van der Waals surface area (Å²) in [6.45, 7) is 3.11. The summed E-state index contributed by atoms with van der Waals surface area (Å²) in [5, 5.41) is 8.74. The van der Waals surface area contributed by atoms with Crippen molar-refractivity contribution >= 4 is 23.5 Å². The normalized spacial score (nSPS) is 14.2. The molecular formula is C16H20N2O4. The van der Waals surface area contributed by atoms with E-state index in [0.29, 0.717) is 25.1 Å². The van der Waals surface area contributed by atoms with Gasteiger partial charge in [-0.25, -0.2) is 0 Å². The molecule has 0 atom stereocenters. The van der Waals surface area contributed by atoms with Gasteiger partial charge in [0.15, 0.2) is 0 Å². The third kappa shape index (κ3) is 3.63. The Morgan fingerprint density at radius 2 is 2.14 bits per heavy atom. The van der Waals surface area contributed by atoms with Gasteiger partial charge >= 0.3 is 5.97 Å². The van der Waals surface area contributed by atoms with Crippen LogP contribution >= 0.6 is 0 Å². The quantitative estimate of drug-likeness (QED) is 0.868. The summed E-state index contributed by atoms with van der Waals surface area (Å²) in [6, 6.07) is 6.96. The number of rotatable bonds is 6. The predicted octanol–water partition coefficient (Wildman–Crippen LogP) is 1.75. The maximum Gasteiger partial charge on any atom is 0.305 e. The van der Waals surface area contributed by atoms with Gasteiger partial charge in [0, 0.05) is 37.3 Å². The van der Waals surface area contributed by atoms with Gasteiger partial charge in [0.25, 0.3) is 5.91 Å². The summed E-state index contributed by atoms with van der Waals surface area (Å²) in [5.74, 6) is -1.07. The number of carboxylic acid groups (broad SMARTS) is 1. The average Bonchev–Trinajstić information content (AvgIpc) is 2.93. The molecule has 6 nitrogen and oxygen atoms in total. The van der Waals surface area contributed by atoms with Crippen molar-refractivity contribution in [2.45, 2.75) is 26.2 Å². The Kier molecular flexibility index (Phi) is 5.14. The molecule has 0 spiro atoms. The van der Waals surface area contributed by atoms with Crippen LogP contribution in [0.5, 0.6) is 0 Å². The molecule has 0 saturated carbocycles. The minimum atomic E-state index is -0.928. The molecule has 1 aliphatic heterocycles. The zero-order chi connectivity index (χ0) is 16.1. The molecule has 1 saturated heterocycles. The number of carboxylic acids is 1. The molecule has 22 heavy (non-hydrogen) atoms. The highest BCUT2D eigenvalue weighted by Gasteiger charge is 2.23. The Morgan fingerprint density at radius 3 is 2.73 bits per heavy atom. The minimum Gasteiger partial charge on any atom is -0.481 e. The first-order valence-electron chi connectivity index (χ1n) is 7.44. The first kappa shape index (κ1) is 16.0. The van der Waals surface area contributed by atoms with E-state index in [2.05, 4.69) is 0 Å². The lowest BCUT2D eigenvalue weighted by Gasteiger charge is -2.21. The lowest BCUT2D eigenvalue weighted by atomic mass is 10.1. The minimum absolute atomic E-state index is 0.0721. The average molecular weight is 304 g/mol. The Hall–Kier alpha value is -2.37. The van der Waals surface area contributed by atoms with Crippen molar-refractivity contribution in [2.24, 2.45) is 0 Å². The van der Waals surface area contributed by atoms with Crippen molar-refractivity contribution in [1.29, 1.82) is 0 Å². The van der Waals surface area contributed by atoms with Crippen molar-refractivity contribution in [3.63, 3.8) is 0 Å². The maximum atomic E-state index is 12.5. The third-order valence-electron chi connectivity index (χ3n) is 3.74. The number of anilines is 1. The summed E-state index contributed by atoms with van der Waals surface area (Å²) in [5.41, 5.74) is 1.20. The van der Waals surface area contributed by atoms with Crippen molar-refractivity contribution in [3.05, 3.63) is 29.8 Å². The highest BCUT2D eigenvalue weighted by Crippen LogP contribution is 2.22. The maximum absolute atomic E-state index is 12.5. The number of nitrogens with zero attached hydrogens (tertiary/aromatic N) is 2. The van der Waals surface area contributed by atoms with Gasteiger partial charge < -0.3 is 14.9 Å². The number of carbonyl (C=O) groups excluding carboxylic acids is 2. The molecule has 2 rings (SSSR count). The zero-order valence-corrected chi connectivity index (χ0v) is 12.6. The van der Waals surface area contributed by atoms with Gasteiger partial charge in [-0.05, 0) is 31.5 Å². The van der Waals surface area contributed by atoms with Crippen LogP contribution in [0.4, 0.5) is 5.69 Å². The van der Waals surface area contributed by atoms with Gasteiger partial charge in [0.05, 0.1) is 6.42 Å². The summed E-state index contributed by atoms with van der Waals surface area (Å²) < 4.78 is 0. The molecule has 0 radical (unpaired) electrons. The number of benzene rings is 1. The van der Waals surface area contributed by atoms with Crippen molar-refractivity contribution in [3.8, 4) is 0 Å². The number of aliphatic carboxylic acids is 1. The lowest BCUT2D eigenvalue weighted by Crippen LogP contribution is -2.33. The van der Waals surface area contributed by atoms with E-state index in [4.69, 9.17) is 5.11 Å². The molecule has 118 valence electrons. The topological polar surface area (TPSA) is 77.9 Å². The first-order valence-corrected chi connectivity index (χ1v) is 7.44. The molecule has 0 unspecified atom stereocenters. The highest BCUT2D eigenvalue weighted by atomic mass is 16.4. The van der Waals surface area contributed by atoms with E-state index in [1.54, 1.807) is 23.1 Å². The number of amides is 2. The van der Waals surface area contributed by atoms with E-state index >= 15 is 0 Å². The summed E-state index contributed by atoms with van der Waals surface area (Å²) in [7, 11) is 0. The smallest absolute Gasteiger partial charge is 0.305 e. The van der Waals surface area contributed by atoms with Crippen LogP contribution in [-0.2, 0) is 9.59 Å².